The van der Waals surface area contributed by atoms with Gasteiger partial charge in [0.05, 0.1) is 18.2 Å². The van der Waals surface area contributed by atoms with E-state index in [1.54, 1.807) is 18.3 Å². The highest BCUT2D eigenvalue weighted by atomic mass is 35.5. The molecule has 1 heterocycles. The number of fused-ring (bicyclic) bond motifs is 1. The van der Waals surface area contributed by atoms with E-state index < -0.39 is 12.1 Å². The lowest BCUT2D eigenvalue weighted by molar-refractivity contribution is -0.149. The van der Waals surface area contributed by atoms with Gasteiger partial charge in [0.1, 0.15) is 0 Å². The molecule has 0 bridgehead atoms. The number of benzene rings is 1. The molecule has 2 N–H and O–H groups in total. The first-order valence-corrected chi connectivity index (χ1v) is 6.37. The van der Waals surface area contributed by atoms with E-state index in [0.717, 1.165) is 5.56 Å². The van der Waals surface area contributed by atoms with Crippen molar-refractivity contribution in [3.05, 3.63) is 39.3 Å². The van der Waals surface area contributed by atoms with Crippen molar-refractivity contribution in [1.29, 1.82) is 0 Å². The second-order valence-corrected chi connectivity index (χ2v) is 4.76. The summed E-state index contributed by atoms with van der Waals surface area (Å²) in [5.74, 6) is -1.01. The van der Waals surface area contributed by atoms with E-state index in [0.29, 0.717) is 22.2 Å². The Labute approximate surface area is 119 Å². The SMILES string of the molecule is CC(OCCc1cc(Cl)cc2c(=O)[nH]ncc12)C(=O)O. The standard InChI is InChI=1S/C13H13ClN2O4/c1-7(13(18)19)20-3-2-8-4-9(14)5-10-11(8)6-15-16-12(10)17/h4-7H,2-3H2,1H3,(H,16,17)(H,18,19). The molecule has 0 amide bonds. The summed E-state index contributed by atoms with van der Waals surface area (Å²) in [5, 5.41) is 16.4. The number of H-pyrrole nitrogens is 1. The zero-order valence-electron chi connectivity index (χ0n) is 10.7. The lowest BCUT2D eigenvalue weighted by atomic mass is 10.1. The van der Waals surface area contributed by atoms with Crippen LogP contribution in [0, 0.1) is 0 Å². The van der Waals surface area contributed by atoms with Crippen molar-refractivity contribution in [1.82, 2.24) is 10.2 Å². The topological polar surface area (TPSA) is 92.3 Å². The quantitative estimate of drug-likeness (QED) is 0.874. The van der Waals surface area contributed by atoms with Crippen molar-refractivity contribution >= 4 is 28.3 Å². The van der Waals surface area contributed by atoms with Crippen LogP contribution >= 0.6 is 11.6 Å². The van der Waals surface area contributed by atoms with Gasteiger partial charge in [-0.05, 0) is 31.0 Å². The Morgan fingerprint density at radius 2 is 2.25 bits per heavy atom. The number of hydrogen-bond acceptors (Lipinski definition) is 4. The van der Waals surface area contributed by atoms with Gasteiger partial charge in [0.25, 0.3) is 5.56 Å². The average molecular weight is 297 g/mol. The van der Waals surface area contributed by atoms with Crippen LogP contribution in [0.2, 0.25) is 5.02 Å². The number of aliphatic carboxylic acids is 1. The minimum atomic E-state index is -1.01. The summed E-state index contributed by atoms with van der Waals surface area (Å²) >= 11 is 5.98. The molecule has 0 saturated carbocycles. The highest BCUT2D eigenvalue weighted by Gasteiger charge is 2.12. The third kappa shape index (κ3) is 3.15. The number of carbonyl (C=O) groups is 1. The number of halogens is 1. The molecule has 2 rings (SSSR count). The van der Waals surface area contributed by atoms with E-state index in [4.69, 9.17) is 21.4 Å². The summed E-state index contributed by atoms with van der Waals surface area (Å²) < 4.78 is 5.18. The molecule has 0 aliphatic rings. The monoisotopic (exact) mass is 296 g/mol. The predicted octanol–water partition coefficient (Wildman–Crippen LogP) is 1.61. The van der Waals surface area contributed by atoms with E-state index in [1.807, 2.05) is 0 Å². The fourth-order valence-corrected chi connectivity index (χ4v) is 2.10. The van der Waals surface area contributed by atoms with Crippen molar-refractivity contribution in [3.63, 3.8) is 0 Å². The van der Waals surface area contributed by atoms with E-state index in [1.165, 1.54) is 6.92 Å². The molecule has 0 saturated heterocycles. The van der Waals surface area contributed by atoms with Gasteiger partial charge >= 0.3 is 5.97 Å². The Hall–Kier alpha value is -1.92. The summed E-state index contributed by atoms with van der Waals surface area (Å²) in [4.78, 5) is 22.3. The number of rotatable bonds is 5. The van der Waals surface area contributed by atoms with Gasteiger partial charge in [-0.25, -0.2) is 9.89 Å². The van der Waals surface area contributed by atoms with Gasteiger partial charge in [0, 0.05) is 10.4 Å². The Morgan fingerprint density at radius 1 is 1.50 bits per heavy atom. The van der Waals surface area contributed by atoms with Crippen LogP contribution in [-0.4, -0.2) is 34.0 Å². The molecule has 7 heteroatoms. The summed E-state index contributed by atoms with van der Waals surface area (Å²) in [6, 6.07) is 3.29. The molecule has 1 unspecified atom stereocenters. The number of nitrogens with zero attached hydrogens (tertiary/aromatic N) is 1. The number of aromatic nitrogens is 2. The van der Waals surface area contributed by atoms with Gasteiger partial charge in [0.2, 0.25) is 0 Å². The van der Waals surface area contributed by atoms with Crippen LogP contribution in [0.4, 0.5) is 0 Å². The molecule has 0 radical (unpaired) electrons. The smallest absolute Gasteiger partial charge is 0.332 e. The van der Waals surface area contributed by atoms with E-state index in [2.05, 4.69) is 10.2 Å². The zero-order chi connectivity index (χ0) is 14.7. The molecule has 1 aromatic carbocycles. The first-order valence-electron chi connectivity index (χ1n) is 5.99. The van der Waals surface area contributed by atoms with Crippen LogP contribution < -0.4 is 5.56 Å². The minimum Gasteiger partial charge on any atom is -0.479 e. The molecule has 0 aliphatic carbocycles. The van der Waals surface area contributed by atoms with Crippen molar-refractivity contribution < 1.29 is 14.6 Å². The summed E-state index contributed by atoms with van der Waals surface area (Å²) in [5.41, 5.74) is 0.481. The molecule has 0 fully saturated rings. The molecule has 1 atom stereocenters. The number of ether oxygens (including phenoxy) is 1. The Bertz CT molecular complexity index is 698. The lowest BCUT2D eigenvalue weighted by Crippen LogP contribution is -2.21. The van der Waals surface area contributed by atoms with Crippen LogP contribution in [-0.2, 0) is 16.0 Å². The molecular formula is C13H13ClN2O4. The van der Waals surface area contributed by atoms with Crippen molar-refractivity contribution in [2.24, 2.45) is 0 Å². The zero-order valence-corrected chi connectivity index (χ0v) is 11.5. The largest absolute Gasteiger partial charge is 0.479 e. The maximum Gasteiger partial charge on any atom is 0.332 e. The maximum absolute atomic E-state index is 11.7. The van der Waals surface area contributed by atoms with Gasteiger partial charge in [0.15, 0.2) is 6.10 Å². The fourth-order valence-electron chi connectivity index (χ4n) is 1.85. The Balaban J connectivity index is 2.24. The van der Waals surface area contributed by atoms with Crippen LogP contribution in [0.1, 0.15) is 12.5 Å². The molecule has 1 aromatic heterocycles. The fraction of sp³-hybridized carbons (Fsp3) is 0.308. The van der Waals surface area contributed by atoms with Gasteiger partial charge < -0.3 is 9.84 Å². The Kier molecular flexibility index (Phi) is 4.36. The number of aromatic amines is 1. The number of hydrogen-bond donors (Lipinski definition) is 2. The number of carboxylic acid groups (broad SMARTS) is 1. The second-order valence-electron chi connectivity index (χ2n) is 4.33. The molecule has 20 heavy (non-hydrogen) atoms. The van der Waals surface area contributed by atoms with Crippen molar-refractivity contribution in [3.8, 4) is 0 Å². The highest BCUT2D eigenvalue weighted by Crippen LogP contribution is 2.21. The van der Waals surface area contributed by atoms with E-state index in [-0.39, 0.29) is 12.2 Å². The van der Waals surface area contributed by atoms with Crippen LogP contribution in [0.3, 0.4) is 0 Å². The van der Waals surface area contributed by atoms with Crippen molar-refractivity contribution in [2.75, 3.05) is 6.61 Å². The number of carboxylic acids is 1. The second kappa shape index (κ2) is 6.02. The predicted molar refractivity (Wildman–Crippen MR) is 74.1 cm³/mol. The van der Waals surface area contributed by atoms with Gasteiger partial charge in [-0.3, -0.25) is 4.79 Å². The normalized spacial score (nSPS) is 12.5. The lowest BCUT2D eigenvalue weighted by Gasteiger charge is -2.10. The van der Waals surface area contributed by atoms with E-state index >= 15 is 0 Å². The Morgan fingerprint density at radius 3 is 2.95 bits per heavy atom. The van der Waals surface area contributed by atoms with Gasteiger partial charge in [-0.15, -0.1) is 0 Å². The van der Waals surface area contributed by atoms with Gasteiger partial charge in [-0.1, -0.05) is 11.6 Å². The molecule has 106 valence electrons. The maximum atomic E-state index is 11.7. The summed E-state index contributed by atoms with van der Waals surface area (Å²) in [7, 11) is 0. The van der Waals surface area contributed by atoms with E-state index in [9.17, 15) is 9.59 Å². The summed E-state index contributed by atoms with van der Waals surface area (Å²) in [6.45, 7) is 1.68. The van der Waals surface area contributed by atoms with Crippen LogP contribution in [0.25, 0.3) is 10.8 Å². The third-order valence-corrected chi connectivity index (χ3v) is 3.14. The minimum absolute atomic E-state index is 0.218. The molecule has 0 aliphatic heterocycles. The first-order chi connectivity index (χ1) is 9.49. The molecule has 6 nitrogen and oxygen atoms in total. The molecular weight excluding hydrogens is 284 g/mol. The highest BCUT2D eigenvalue weighted by molar-refractivity contribution is 6.31. The average Bonchev–Trinajstić information content (AvgIpc) is 2.39. The third-order valence-electron chi connectivity index (χ3n) is 2.92. The molecule has 0 spiro atoms. The first kappa shape index (κ1) is 14.5. The van der Waals surface area contributed by atoms with Crippen LogP contribution in [0.15, 0.2) is 23.1 Å². The molecule has 2 aromatic rings. The number of nitrogens with one attached hydrogen (secondary N) is 1. The van der Waals surface area contributed by atoms with Gasteiger partial charge in [-0.2, -0.15) is 5.10 Å². The van der Waals surface area contributed by atoms with Crippen molar-refractivity contribution in [2.45, 2.75) is 19.4 Å². The summed E-state index contributed by atoms with van der Waals surface area (Å²) in [6.07, 6.45) is 1.12. The van der Waals surface area contributed by atoms with Crippen LogP contribution in [0.5, 0.6) is 0 Å².